The van der Waals surface area contributed by atoms with E-state index in [-0.39, 0.29) is 38.0 Å². The van der Waals surface area contributed by atoms with Gasteiger partial charge in [0.1, 0.15) is 73.2 Å². The van der Waals surface area contributed by atoms with Gasteiger partial charge in [-0.3, -0.25) is 0 Å². The summed E-state index contributed by atoms with van der Waals surface area (Å²) in [6.07, 6.45) is -26.9. The minimum Gasteiger partial charge on any atom is -0.427 e. The molecule has 4 saturated heterocycles. The molecule has 302 valence electrons. The summed E-state index contributed by atoms with van der Waals surface area (Å²) >= 11 is 0. The smallest absolute Gasteiger partial charge is 0.187 e. The molecule has 4 heterocycles. The lowest BCUT2D eigenvalue weighted by molar-refractivity contribution is -0.385. The lowest BCUT2D eigenvalue weighted by Crippen LogP contribution is -2.65. The van der Waals surface area contributed by atoms with Gasteiger partial charge in [0.2, 0.25) is 0 Å². The zero-order valence-corrected chi connectivity index (χ0v) is 28.4. The predicted octanol–water partition coefficient (Wildman–Crippen LogP) is -7.22. The summed E-state index contributed by atoms with van der Waals surface area (Å²) in [5.74, 6) is -0.885. The third-order valence-electron chi connectivity index (χ3n) is 11.6. The Morgan fingerprint density at radius 2 is 1.17 bits per heavy atom. The van der Waals surface area contributed by atoms with Crippen LogP contribution in [0.3, 0.4) is 0 Å². The molecule has 6 rings (SSSR count). The summed E-state index contributed by atoms with van der Waals surface area (Å²) in [4.78, 5) is 0. The fraction of sp³-hybridized carbons (Fsp3) is 1.00. The zero-order valence-electron chi connectivity index (χ0n) is 28.4. The Labute approximate surface area is 298 Å². The predicted molar refractivity (Wildman–Crippen MR) is 166 cm³/mol. The van der Waals surface area contributed by atoms with E-state index >= 15 is 0 Å². The lowest BCUT2D eigenvalue weighted by atomic mass is 9.72. The number of ether oxygens (including phenoxy) is 7. The number of hydrogen-bond acceptors (Lipinski definition) is 19. The summed E-state index contributed by atoms with van der Waals surface area (Å²) in [6, 6.07) is 0. The van der Waals surface area contributed by atoms with E-state index in [4.69, 9.17) is 33.2 Å². The van der Waals surface area contributed by atoms with E-state index in [2.05, 4.69) is 0 Å². The van der Waals surface area contributed by atoms with Crippen LogP contribution in [0.2, 0.25) is 0 Å². The SMILES string of the molecule is OC[C@H]1O[C@@H](OC2CC(O)CC3[OH+]C(C4CCC(O)C(O)C4)C(O[C@@H]4O[C@H](CO)[C@@H](O)[C@H](O)[C@H]4O[C@@H]4OC[C@@H](O)[C@H](O)[C@H]4O)CC23)[C@H](O)[C@@H](O)[C@@H]1O. The van der Waals surface area contributed by atoms with Crippen LogP contribution in [0, 0.1) is 11.8 Å². The summed E-state index contributed by atoms with van der Waals surface area (Å²) in [6.45, 7) is -1.84. The van der Waals surface area contributed by atoms with Crippen LogP contribution in [-0.4, -0.2) is 220 Å². The molecule has 0 spiro atoms. The highest BCUT2D eigenvalue weighted by Crippen LogP contribution is 2.44. The number of aliphatic hydroxyl groups excluding tert-OH is 13. The van der Waals surface area contributed by atoms with E-state index in [0.29, 0.717) is 6.42 Å². The van der Waals surface area contributed by atoms with Crippen LogP contribution in [0.15, 0.2) is 0 Å². The fourth-order valence-corrected chi connectivity index (χ4v) is 8.52. The molecule has 9 unspecified atom stereocenters. The molecular weight excluding hydrogens is 704 g/mol. The van der Waals surface area contributed by atoms with E-state index in [1.165, 1.54) is 0 Å². The first-order valence-electron chi connectivity index (χ1n) is 18.0. The maximum atomic E-state index is 11.2. The van der Waals surface area contributed by atoms with Gasteiger partial charge in [0.05, 0.1) is 50.2 Å². The van der Waals surface area contributed by atoms with Gasteiger partial charge in [-0.25, -0.2) is 0 Å². The molecule has 0 radical (unpaired) electrons. The Bertz CT molecular complexity index is 1140. The largest absolute Gasteiger partial charge is 0.427 e. The van der Waals surface area contributed by atoms with Crippen molar-refractivity contribution in [3.05, 3.63) is 0 Å². The molecule has 0 bridgehead atoms. The average Bonchev–Trinajstić information content (AvgIpc) is 3.12. The molecule has 0 amide bonds. The Morgan fingerprint density at radius 3 is 1.85 bits per heavy atom. The molecule has 2 saturated carbocycles. The van der Waals surface area contributed by atoms with Crippen LogP contribution < -0.4 is 0 Å². The topological polar surface area (TPSA) is 331 Å². The van der Waals surface area contributed by atoms with Gasteiger partial charge in [-0.15, -0.1) is 0 Å². The molecule has 0 aromatic carbocycles. The van der Waals surface area contributed by atoms with E-state index in [9.17, 15) is 66.4 Å². The number of fused-ring (bicyclic) bond motifs is 1. The van der Waals surface area contributed by atoms with Gasteiger partial charge in [-0.1, -0.05) is 0 Å². The third kappa shape index (κ3) is 8.32. The molecule has 0 aromatic rings. The van der Waals surface area contributed by atoms with Gasteiger partial charge in [-0.05, 0) is 25.7 Å². The first-order chi connectivity index (χ1) is 24.7. The second-order valence-electron chi connectivity index (χ2n) is 15.0. The molecule has 20 nitrogen and oxygen atoms in total. The maximum Gasteiger partial charge on any atom is 0.187 e. The van der Waals surface area contributed by atoms with Crippen LogP contribution >= 0.6 is 0 Å². The van der Waals surface area contributed by atoms with Crippen LogP contribution in [0.4, 0.5) is 0 Å². The monoisotopic (exact) mass is 759 g/mol. The first-order valence-corrected chi connectivity index (χ1v) is 18.0. The van der Waals surface area contributed by atoms with Crippen molar-refractivity contribution in [1.29, 1.82) is 0 Å². The molecule has 0 aromatic heterocycles. The second kappa shape index (κ2) is 17.1. The normalized spacial score (nSPS) is 54.8. The highest BCUT2D eigenvalue weighted by atomic mass is 16.8. The van der Waals surface area contributed by atoms with Gasteiger partial charge in [0.25, 0.3) is 0 Å². The highest BCUT2D eigenvalue weighted by Gasteiger charge is 2.57. The summed E-state index contributed by atoms with van der Waals surface area (Å²) < 4.78 is 40.5. The van der Waals surface area contributed by atoms with Crippen molar-refractivity contribution >= 4 is 0 Å². The molecule has 6 aliphatic rings. The van der Waals surface area contributed by atoms with Crippen LogP contribution in [-0.2, 0) is 28.4 Å². The van der Waals surface area contributed by atoms with Crippen molar-refractivity contribution in [2.75, 3.05) is 19.8 Å². The van der Waals surface area contributed by atoms with Gasteiger partial charge in [0, 0.05) is 18.8 Å². The zero-order chi connectivity index (χ0) is 37.6. The molecule has 6 fully saturated rings. The van der Waals surface area contributed by atoms with Gasteiger partial charge < -0.3 is 99.5 Å². The van der Waals surface area contributed by atoms with Crippen molar-refractivity contribution in [3.63, 3.8) is 0 Å². The Balaban J connectivity index is 1.27. The summed E-state index contributed by atoms with van der Waals surface area (Å²) in [7, 11) is 0. The second-order valence-corrected chi connectivity index (χ2v) is 15.0. The quantitative estimate of drug-likeness (QED) is 0.0971. The van der Waals surface area contributed by atoms with Crippen molar-refractivity contribution in [2.24, 2.45) is 11.8 Å². The molecule has 20 heteroatoms. The van der Waals surface area contributed by atoms with Crippen LogP contribution in [0.5, 0.6) is 0 Å². The van der Waals surface area contributed by atoms with Gasteiger partial charge in [0.15, 0.2) is 31.1 Å². The number of rotatable bonds is 9. The molecule has 52 heavy (non-hydrogen) atoms. The molecule has 14 N–H and O–H groups in total. The van der Waals surface area contributed by atoms with Crippen molar-refractivity contribution in [3.8, 4) is 0 Å². The van der Waals surface area contributed by atoms with Crippen molar-refractivity contribution < 1.29 is 99.5 Å². The Kier molecular flexibility index (Phi) is 13.5. The molecule has 4 aliphatic heterocycles. The summed E-state index contributed by atoms with van der Waals surface area (Å²) in [5, 5.41) is 135. The number of aliphatic hydroxyl groups is 15. The highest BCUT2D eigenvalue weighted by molar-refractivity contribution is 5.00. The van der Waals surface area contributed by atoms with E-state index in [1.807, 2.05) is 0 Å². The van der Waals surface area contributed by atoms with Crippen LogP contribution in [0.25, 0.3) is 0 Å². The molecule has 23 atom stereocenters. The van der Waals surface area contributed by atoms with Gasteiger partial charge >= 0.3 is 0 Å². The standard InChI is InChI=1S/C32H54O20/c33-7-19-22(40)24(42)27(45)31(50-19)48-17-5-11(35)4-16-12(17)6-18(28(47-16)10-1-2-13(36)14(37)3-10)49-32-29(25(43)23(41)20(8-34)51-32)52-30-26(44)21(39)15(38)9-46-30/h10-45H,1-9H2/p+1/t10?,11?,12?,13?,14?,15-,16?,17?,18?,19-,20-,21+,22-,23-,24+,25+,26-,27-,28?,29-,30+,31-,32-/m1/s1. The minimum atomic E-state index is -1.78. The first kappa shape index (κ1) is 40.9. The van der Waals surface area contributed by atoms with Crippen molar-refractivity contribution in [2.45, 2.75) is 167 Å². The molecular formula is C32H55O20+. The van der Waals surface area contributed by atoms with E-state index < -0.39 is 154 Å². The van der Waals surface area contributed by atoms with Gasteiger partial charge in [-0.2, -0.15) is 0 Å². The van der Waals surface area contributed by atoms with E-state index in [0.717, 1.165) is 0 Å². The lowest BCUT2D eigenvalue weighted by Gasteiger charge is -2.50. The fourth-order valence-electron chi connectivity index (χ4n) is 8.52. The Morgan fingerprint density at radius 1 is 0.538 bits per heavy atom. The molecule has 2 aliphatic carbocycles. The maximum absolute atomic E-state index is 11.2. The Hall–Kier alpha value is -0.800. The van der Waals surface area contributed by atoms with Crippen LogP contribution in [0.1, 0.15) is 38.5 Å². The number of hydrogen-bond donors (Lipinski definition) is 13. The average molecular weight is 760 g/mol. The minimum absolute atomic E-state index is 0.0473. The summed E-state index contributed by atoms with van der Waals surface area (Å²) in [5.41, 5.74) is 0. The van der Waals surface area contributed by atoms with E-state index in [1.54, 1.807) is 0 Å². The van der Waals surface area contributed by atoms with Crippen molar-refractivity contribution in [1.82, 2.24) is 0 Å². The third-order valence-corrected chi connectivity index (χ3v) is 11.6.